The summed E-state index contributed by atoms with van der Waals surface area (Å²) in [7, 11) is 0. The van der Waals surface area contributed by atoms with Crippen molar-refractivity contribution in [2.75, 3.05) is 13.2 Å². The standard InChI is InChI=1S/C10H12INO3/c1-2-14-8-5-3-4-6-9(8)15-7-10(13)12-11/h3-6H,2,7H2,1H3,(H,12,13). The molecule has 0 aliphatic carbocycles. The quantitative estimate of drug-likeness (QED) is 0.666. The maximum atomic E-state index is 11.0. The first-order chi connectivity index (χ1) is 7.27. The van der Waals surface area contributed by atoms with Gasteiger partial charge in [0.15, 0.2) is 18.1 Å². The van der Waals surface area contributed by atoms with Crippen LogP contribution in [0.2, 0.25) is 0 Å². The van der Waals surface area contributed by atoms with Crippen molar-refractivity contribution in [2.45, 2.75) is 6.92 Å². The highest BCUT2D eigenvalue weighted by molar-refractivity contribution is 14.1. The SMILES string of the molecule is CCOc1ccccc1OCC(=O)NI. The van der Waals surface area contributed by atoms with E-state index in [0.29, 0.717) is 18.1 Å². The first-order valence-corrected chi connectivity index (χ1v) is 5.60. The normalized spacial score (nSPS) is 9.47. The molecule has 0 fully saturated rings. The largest absolute Gasteiger partial charge is 0.490 e. The Hall–Kier alpha value is -0.980. The summed E-state index contributed by atoms with van der Waals surface area (Å²) in [6.45, 7) is 2.46. The molecule has 5 heteroatoms. The number of amides is 1. The van der Waals surface area contributed by atoms with Crippen molar-refractivity contribution in [1.29, 1.82) is 0 Å². The molecule has 1 amide bonds. The number of nitrogens with one attached hydrogen (secondary N) is 1. The molecule has 0 bridgehead atoms. The minimum atomic E-state index is -0.179. The van der Waals surface area contributed by atoms with Crippen molar-refractivity contribution in [2.24, 2.45) is 0 Å². The van der Waals surface area contributed by atoms with E-state index in [1.54, 1.807) is 35.0 Å². The van der Waals surface area contributed by atoms with Crippen LogP contribution >= 0.6 is 22.9 Å². The predicted octanol–water partition coefficient (Wildman–Crippen LogP) is 1.93. The minimum absolute atomic E-state index is 0.00692. The lowest BCUT2D eigenvalue weighted by atomic mass is 10.3. The highest BCUT2D eigenvalue weighted by atomic mass is 127. The molecule has 0 unspecified atom stereocenters. The summed E-state index contributed by atoms with van der Waals surface area (Å²) in [5.74, 6) is 1.06. The number of benzene rings is 1. The van der Waals surface area contributed by atoms with Gasteiger partial charge in [-0.15, -0.1) is 0 Å². The van der Waals surface area contributed by atoms with Gasteiger partial charge in [0.1, 0.15) is 0 Å². The lowest BCUT2D eigenvalue weighted by Crippen LogP contribution is -2.20. The second kappa shape index (κ2) is 6.49. The van der Waals surface area contributed by atoms with Crippen molar-refractivity contribution >= 4 is 28.8 Å². The Morgan fingerprint density at radius 3 is 2.47 bits per heavy atom. The maximum Gasteiger partial charge on any atom is 0.266 e. The maximum absolute atomic E-state index is 11.0. The van der Waals surface area contributed by atoms with E-state index in [4.69, 9.17) is 9.47 Å². The summed E-state index contributed by atoms with van der Waals surface area (Å²) < 4.78 is 13.1. The molecule has 0 aromatic heterocycles. The predicted molar refractivity (Wildman–Crippen MR) is 65.3 cm³/mol. The van der Waals surface area contributed by atoms with Gasteiger partial charge in [0.25, 0.3) is 5.91 Å². The monoisotopic (exact) mass is 321 g/mol. The molecule has 82 valence electrons. The Labute approximate surface area is 102 Å². The van der Waals surface area contributed by atoms with E-state index < -0.39 is 0 Å². The fraction of sp³-hybridized carbons (Fsp3) is 0.300. The number of rotatable bonds is 5. The van der Waals surface area contributed by atoms with E-state index in [-0.39, 0.29) is 12.5 Å². The number of ether oxygens (including phenoxy) is 2. The highest BCUT2D eigenvalue weighted by Crippen LogP contribution is 2.26. The molecule has 1 aromatic rings. The van der Waals surface area contributed by atoms with Crippen LogP contribution in [0.25, 0.3) is 0 Å². The van der Waals surface area contributed by atoms with Crippen LogP contribution in [0, 0.1) is 0 Å². The Kier molecular flexibility index (Phi) is 5.23. The molecule has 0 saturated heterocycles. The van der Waals surface area contributed by atoms with Crippen molar-refractivity contribution in [3.63, 3.8) is 0 Å². The second-order valence-corrected chi connectivity index (χ2v) is 3.23. The molecule has 0 heterocycles. The van der Waals surface area contributed by atoms with Gasteiger partial charge in [0.05, 0.1) is 29.5 Å². The Balaban J connectivity index is 2.62. The fourth-order valence-corrected chi connectivity index (χ4v) is 1.17. The van der Waals surface area contributed by atoms with Crippen LogP contribution < -0.4 is 13.0 Å². The molecular weight excluding hydrogens is 309 g/mol. The number of halogens is 1. The van der Waals surface area contributed by atoms with Crippen LogP contribution in [0.4, 0.5) is 0 Å². The van der Waals surface area contributed by atoms with Gasteiger partial charge in [-0.1, -0.05) is 12.1 Å². The van der Waals surface area contributed by atoms with E-state index in [1.165, 1.54) is 0 Å². The number of para-hydroxylation sites is 2. The van der Waals surface area contributed by atoms with Gasteiger partial charge in [-0.3, -0.25) is 8.32 Å². The summed E-state index contributed by atoms with van der Waals surface area (Å²) in [6.07, 6.45) is 0. The summed E-state index contributed by atoms with van der Waals surface area (Å²) in [4.78, 5) is 11.0. The van der Waals surface area contributed by atoms with E-state index in [9.17, 15) is 4.79 Å². The fourth-order valence-electron chi connectivity index (χ4n) is 1.01. The van der Waals surface area contributed by atoms with Gasteiger partial charge in [-0.2, -0.15) is 0 Å². The average Bonchev–Trinajstić information content (AvgIpc) is 2.28. The van der Waals surface area contributed by atoms with Gasteiger partial charge >= 0.3 is 0 Å². The van der Waals surface area contributed by atoms with Gasteiger partial charge < -0.3 is 9.47 Å². The van der Waals surface area contributed by atoms with Crippen LogP contribution in [0.5, 0.6) is 11.5 Å². The lowest BCUT2D eigenvalue weighted by Gasteiger charge is -2.10. The summed E-state index contributed by atoms with van der Waals surface area (Å²) >= 11 is 1.77. The van der Waals surface area contributed by atoms with Crippen LogP contribution in [-0.2, 0) is 4.79 Å². The zero-order valence-electron chi connectivity index (χ0n) is 8.33. The van der Waals surface area contributed by atoms with Crippen LogP contribution in [0.15, 0.2) is 24.3 Å². The molecule has 0 aliphatic heterocycles. The first kappa shape index (κ1) is 12.1. The van der Waals surface area contributed by atoms with Crippen LogP contribution in [0.1, 0.15) is 6.92 Å². The first-order valence-electron chi connectivity index (χ1n) is 4.52. The third-order valence-electron chi connectivity index (χ3n) is 1.61. The molecule has 0 aliphatic rings. The third-order valence-corrected chi connectivity index (χ3v) is 2.21. The van der Waals surface area contributed by atoms with Gasteiger partial charge in [0, 0.05) is 0 Å². The lowest BCUT2D eigenvalue weighted by molar-refractivity contribution is -0.120. The summed E-state index contributed by atoms with van der Waals surface area (Å²) in [5.41, 5.74) is 0. The topological polar surface area (TPSA) is 47.6 Å². The molecule has 1 N–H and O–H groups in total. The summed E-state index contributed by atoms with van der Waals surface area (Å²) in [5, 5.41) is 0. The average molecular weight is 321 g/mol. The zero-order valence-corrected chi connectivity index (χ0v) is 10.5. The van der Waals surface area contributed by atoms with Crippen molar-refractivity contribution in [1.82, 2.24) is 3.53 Å². The van der Waals surface area contributed by atoms with E-state index in [2.05, 4.69) is 3.53 Å². The van der Waals surface area contributed by atoms with E-state index in [1.807, 2.05) is 19.1 Å². The Morgan fingerprint density at radius 1 is 1.33 bits per heavy atom. The number of hydrogen-bond acceptors (Lipinski definition) is 3. The Morgan fingerprint density at radius 2 is 1.93 bits per heavy atom. The van der Waals surface area contributed by atoms with Crippen molar-refractivity contribution in [3.8, 4) is 11.5 Å². The minimum Gasteiger partial charge on any atom is -0.490 e. The van der Waals surface area contributed by atoms with Gasteiger partial charge in [-0.05, 0) is 19.1 Å². The molecule has 0 spiro atoms. The molecule has 15 heavy (non-hydrogen) atoms. The highest BCUT2D eigenvalue weighted by Gasteiger charge is 2.05. The van der Waals surface area contributed by atoms with Crippen molar-refractivity contribution in [3.05, 3.63) is 24.3 Å². The van der Waals surface area contributed by atoms with Crippen molar-refractivity contribution < 1.29 is 14.3 Å². The summed E-state index contributed by atoms with van der Waals surface area (Å²) in [6, 6.07) is 7.27. The third kappa shape index (κ3) is 3.94. The number of hydrogen-bond donors (Lipinski definition) is 1. The van der Waals surface area contributed by atoms with E-state index in [0.717, 1.165) is 0 Å². The van der Waals surface area contributed by atoms with Crippen LogP contribution in [-0.4, -0.2) is 19.1 Å². The smallest absolute Gasteiger partial charge is 0.266 e. The number of carbonyl (C=O) groups excluding carboxylic acids is 1. The van der Waals surface area contributed by atoms with Gasteiger partial charge in [0.2, 0.25) is 0 Å². The number of carbonyl (C=O) groups is 1. The van der Waals surface area contributed by atoms with Gasteiger partial charge in [-0.25, -0.2) is 0 Å². The molecule has 0 atom stereocenters. The Bertz CT molecular complexity index is 330. The molecule has 1 aromatic carbocycles. The molecule has 0 saturated carbocycles. The molecule has 1 rings (SSSR count). The molecule has 4 nitrogen and oxygen atoms in total. The molecular formula is C10H12INO3. The molecule has 0 radical (unpaired) electrons. The zero-order chi connectivity index (χ0) is 11.1. The van der Waals surface area contributed by atoms with E-state index >= 15 is 0 Å². The van der Waals surface area contributed by atoms with Crippen LogP contribution in [0.3, 0.4) is 0 Å². The second-order valence-electron chi connectivity index (χ2n) is 2.69.